The molecule has 1 aliphatic rings. The van der Waals surface area contributed by atoms with E-state index in [1.807, 2.05) is 0 Å². The van der Waals surface area contributed by atoms with E-state index in [9.17, 15) is 9.59 Å². The third-order valence-electron chi connectivity index (χ3n) is 4.99. The van der Waals surface area contributed by atoms with Gasteiger partial charge in [-0.25, -0.2) is 0 Å². The van der Waals surface area contributed by atoms with E-state index in [0.717, 1.165) is 25.7 Å². The van der Waals surface area contributed by atoms with Crippen molar-refractivity contribution >= 4 is 11.9 Å². The molecule has 0 amide bonds. The van der Waals surface area contributed by atoms with Gasteiger partial charge in [0.15, 0.2) is 5.41 Å². The summed E-state index contributed by atoms with van der Waals surface area (Å²) in [6.45, 7) is 5.25. The summed E-state index contributed by atoms with van der Waals surface area (Å²) in [5.41, 5.74) is -0.968. The summed E-state index contributed by atoms with van der Waals surface area (Å²) in [4.78, 5) is 24.4. The van der Waals surface area contributed by atoms with Crippen molar-refractivity contribution in [3.8, 4) is 0 Å². The molecule has 0 radical (unpaired) electrons. The lowest BCUT2D eigenvalue weighted by Gasteiger charge is -2.14. The van der Waals surface area contributed by atoms with Crippen molar-refractivity contribution in [1.29, 1.82) is 0 Å². The molecule has 1 aliphatic carbocycles. The molecular formula is C21H38O4. The average Bonchev–Trinajstić information content (AvgIpc) is 3.42. The van der Waals surface area contributed by atoms with Crippen LogP contribution in [0, 0.1) is 5.41 Å². The van der Waals surface area contributed by atoms with E-state index in [1.54, 1.807) is 0 Å². The molecule has 0 saturated heterocycles. The van der Waals surface area contributed by atoms with Crippen LogP contribution in [0.15, 0.2) is 0 Å². The zero-order valence-electron chi connectivity index (χ0n) is 16.4. The maximum absolute atomic E-state index is 12.2. The van der Waals surface area contributed by atoms with Crippen molar-refractivity contribution in [2.45, 2.75) is 104 Å². The zero-order valence-corrected chi connectivity index (χ0v) is 16.4. The molecule has 0 unspecified atom stereocenters. The number of hydrogen-bond acceptors (Lipinski definition) is 4. The van der Waals surface area contributed by atoms with Crippen molar-refractivity contribution in [2.24, 2.45) is 5.41 Å². The molecule has 0 aliphatic heterocycles. The van der Waals surface area contributed by atoms with Crippen molar-refractivity contribution in [1.82, 2.24) is 0 Å². The highest BCUT2D eigenvalue weighted by Gasteiger charge is 2.59. The Kier molecular flexibility index (Phi) is 11.6. The predicted molar refractivity (Wildman–Crippen MR) is 100 cm³/mol. The summed E-state index contributed by atoms with van der Waals surface area (Å²) in [6.07, 6.45) is 15.0. The van der Waals surface area contributed by atoms with Crippen LogP contribution in [0.1, 0.15) is 104 Å². The van der Waals surface area contributed by atoms with Crippen LogP contribution in [0.5, 0.6) is 0 Å². The first-order valence-electron chi connectivity index (χ1n) is 10.5. The third kappa shape index (κ3) is 8.73. The Morgan fingerprint density at radius 1 is 0.640 bits per heavy atom. The molecule has 25 heavy (non-hydrogen) atoms. The minimum absolute atomic E-state index is 0.367. The molecular weight excluding hydrogens is 316 g/mol. The van der Waals surface area contributed by atoms with Crippen LogP contribution < -0.4 is 0 Å². The van der Waals surface area contributed by atoms with Crippen LogP contribution in [0.3, 0.4) is 0 Å². The maximum atomic E-state index is 12.2. The van der Waals surface area contributed by atoms with Gasteiger partial charge in [-0.2, -0.15) is 0 Å². The molecule has 0 aromatic heterocycles. The Bertz CT molecular complexity index is 342. The number of esters is 2. The number of hydrogen-bond donors (Lipinski definition) is 0. The molecule has 1 rings (SSSR count). The van der Waals surface area contributed by atoms with Gasteiger partial charge in [-0.3, -0.25) is 9.59 Å². The first kappa shape index (κ1) is 22.0. The van der Waals surface area contributed by atoms with E-state index in [-0.39, 0.29) is 11.9 Å². The van der Waals surface area contributed by atoms with Crippen molar-refractivity contribution < 1.29 is 19.1 Å². The molecule has 0 bridgehead atoms. The quantitative estimate of drug-likeness (QED) is 0.206. The van der Waals surface area contributed by atoms with Gasteiger partial charge in [-0.15, -0.1) is 0 Å². The lowest BCUT2D eigenvalue weighted by atomic mass is 10.1. The SMILES string of the molecule is CCCCCCCCOC(=O)C1(C(=O)OCCCCCCCC)CC1. The predicted octanol–water partition coefficient (Wildman–Crippen LogP) is 5.57. The summed E-state index contributed by atoms with van der Waals surface area (Å²) in [5.74, 6) is -0.733. The molecule has 0 aromatic carbocycles. The van der Waals surface area contributed by atoms with E-state index < -0.39 is 5.41 Å². The lowest BCUT2D eigenvalue weighted by Crippen LogP contribution is -2.30. The summed E-state index contributed by atoms with van der Waals surface area (Å²) >= 11 is 0. The largest absolute Gasteiger partial charge is 0.465 e. The highest BCUT2D eigenvalue weighted by molar-refractivity contribution is 6.03. The number of unbranched alkanes of at least 4 members (excludes halogenated alkanes) is 10. The van der Waals surface area contributed by atoms with E-state index in [0.29, 0.717) is 26.1 Å². The Hall–Kier alpha value is -1.06. The van der Waals surface area contributed by atoms with Gasteiger partial charge in [-0.05, 0) is 25.7 Å². The monoisotopic (exact) mass is 354 g/mol. The molecule has 0 N–H and O–H groups in total. The van der Waals surface area contributed by atoms with Crippen LogP contribution in [0.25, 0.3) is 0 Å². The lowest BCUT2D eigenvalue weighted by molar-refractivity contribution is -0.164. The Morgan fingerprint density at radius 3 is 1.36 bits per heavy atom. The van der Waals surface area contributed by atoms with Crippen molar-refractivity contribution in [3.63, 3.8) is 0 Å². The number of carbonyl (C=O) groups excluding carboxylic acids is 2. The van der Waals surface area contributed by atoms with Crippen LogP contribution in [-0.4, -0.2) is 25.2 Å². The number of ether oxygens (including phenoxy) is 2. The summed E-state index contributed by atoms with van der Waals surface area (Å²) in [7, 11) is 0. The van der Waals surface area contributed by atoms with Crippen molar-refractivity contribution in [3.05, 3.63) is 0 Å². The summed E-state index contributed by atoms with van der Waals surface area (Å²) in [6, 6.07) is 0. The molecule has 4 heteroatoms. The molecule has 1 saturated carbocycles. The van der Waals surface area contributed by atoms with Gasteiger partial charge < -0.3 is 9.47 Å². The fourth-order valence-corrected chi connectivity index (χ4v) is 2.99. The van der Waals surface area contributed by atoms with Gasteiger partial charge in [0.2, 0.25) is 0 Å². The third-order valence-corrected chi connectivity index (χ3v) is 4.99. The number of rotatable bonds is 16. The Balaban J connectivity index is 2.08. The Morgan fingerprint density at radius 2 is 1.00 bits per heavy atom. The highest BCUT2D eigenvalue weighted by Crippen LogP contribution is 2.48. The van der Waals surface area contributed by atoms with Crippen LogP contribution >= 0.6 is 0 Å². The smallest absolute Gasteiger partial charge is 0.323 e. The minimum Gasteiger partial charge on any atom is -0.465 e. The van der Waals surface area contributed by atoms with Gasteiger partial charge in [-0.1, -0.05) is 78.1 Å². The van der Waals surface area contributed by atoms with Gasteiger partial charge in [0.1, 0.15) is 0 Å². The molecule has 0 atom stereocenters. The second-order valence-electron chi connectivity index (χ2n) is 7.39. The maximum Gasteiger partial charge on any atom is 0.323 e. The molecule has 146 valence electrons. The highest BCUT2D eigenvalue weighted by atomic mass is 16.6. The minimum atomic E-state index is -0.968. The van der Waals surface area contributed by atoms with Gasteiger partial charge in [0.25, 0.3) is 0 Å². The fraction of sp³-hybridized carbons (Fsp3) is 0.905. The van der Waals surface area contributed by atoms with Gasteiger partial charge in [0, 0.05) is 0 Å². The first-order chi connectivity index (χ1) is 12.2. The summed E-state index contributed by atoms with van der Waals surface area (Å²) in [5, 5.41) is 0. The molecule has 0 aromatic rings. The average molecular weight is 355 g/mol. The van der Waals surface area contributed by atoms with E-state index in [1.165, 1.54) is 51.4 Å². The topological polar surface area (TPSA) is 52.6 Å². The normalized spacial score (nSPS) is 15.0. The second-order valence-corrected chi connectivity index (χ2v) is 7.39. The summed E-state index contributed by atoms with van der Waals surface area (Å²) < 4.78 is 10.7. The zero-order chi connectivity index (χ0) is 18.4. The number of carbonyl (C=O) groups is 2. The van der Waals surface area contributed by atoms with Gasteiger partial charge in [0.05, 0.1) is 13.2 Å². The van der Waals surface area contributed by atoms with Crippen LogP contribution in [-0.2, 0) is 19.1 Å². The van der Waals surface area contributed by atoms with E-state index in [2.05, 4.69) is 13.8 Å². The van der Waals surface area contributed by atoms with Crippen LogP contribution in [0.4, 0.5) is 0 Å². The molecule has 0 spiro atoms. The molecule has 0 heterocycles. The van der Waals surface area contributed by atoms with Gasteiger partial charge >= 0.3 is 11.9 Å². The molecule has 4 nitrogen and oxygen atoms in total. The standard InChI is InChI=1S/C21H38O4/c1-3-5-7-9-11-13-17-24-19(22)21(15-16-21)20(23)25-18-14-12-10-8-6-4-2/h3-18H2,1-2H3. The first-order valence-corrected chi connectivity index (χ1v) is 10.5. The second kappa shape index (κ2) is 13.2. The van der Waals surface area contributed by atoms with E-state index >= 15 is 0 Å². The Labute approximate surface area is 154 Å². The molecule has 1 fully saturated rings. The van der Waals surface area contributed by atoms with E-state index in [4.69, 9.17) is 9.47 Å². The fourth-order valence-electron chi connectivity index (χ4n) is 2.99. The van der Waals surface area contributed by atoms with Crippen molar-refractivity contribution in [2.75, 3.05) is 13.2 Å². The van der Waals surface area contributed by atoms with Crippen LogP contribution in [0.2, 0.25) is 0 Å².